The molecule has 124 valence electrons. The van der Waals surface area contributed by atoms with E-state index in [0.717, 1.165) is 37.0 Å². The monoisotopic (exact) mass is 317 g/mol. The molecule has 0 spiro atoms. The highest BCUT2D eigenvalue weighted by Crippen LogP contribution is 2.46. The van der Waals surface area contributed by atoms with Gasteiger partial charge in [0.15, 0.2) is 0 Å². The third-order valence-electron chi connectivity index (χ3n) is 5.43. The SMILES string of the molecule is COc1ccc(C2(C(=O)NCC3(C(=O)O)CC3)CCCC2)cc1. The number of nitrogens with one attached hydrogen (secondary N) is 1. The van der Waals surface area contributed by atoms with E-state index in [1.54, 1.807) is 7.11 Å². The first-order valence-electron chi connectivity index (χ1n) is 8.19. The number of ether oxygens (including phenoxy) is 1. The molecule has 0 aromatic heterocycles. The molecule has 2 fully saturated rings. The Morgan fingerprint density at radius 3 is 2.22 bits per heavy atom. The lowest BCUT2D eigenvalue weighted by molar-refractivity contribution is -0.143. The Labute approximate surface area is 136 Å². The molecule has 0 unspecified atom stereocenters. The van der Waals surface area contributed by atoms with E-state index in [4.69, 9.17) is 4.74 Å². The van der Waals surface area contributed by atoms with Crippen LogP contribution >= 0.6 is 0 Å². The molecular formula is C18H23NO4. The first-order valence-corrected chi connectivity index (χ1v) is 8.19. The molecule has 0 atom stereocenters. The summed E-state index contributed by atoms with van der Waals surface area (Å²) in [7, 11) is 1.62. The van der Waals surface area contributed by atoms with Crippen molar-refractivity contribution in [2.75, 3.05) is 13.7 Å². The van der Waals surface area contributed by atoms with Gasteiger partial charge in [-0.2, -0.15) is 0 Å². The molecule has 1 aromatic carbocycles. The summed E-state index contributed by atoms with van der Waals surface area (Å²) in [4.78, 5) is 24.2. The van der Waals surface area contributed by atoms with Gasteiger partial charge in [-0.3, -0.25) is 9.59 Å². The van der Waals surface area contributed by atoms with Crippen molar-refractivity contribution >= 4 is 11.9 Å². The van der Waals surface area contributed by atoms with Crippen molar-refractivity contribution in [3.05, 3.63) is 29.8 Å². The van der Waals surface area contributed by atoms with E-state index in [1.165, 1.54) is 0 Å². The fraction of sp³-hybridized carbons (Fsp3) is 0.556. The fourth-order valence-electron chi connectivity index (χ4n) is 3.57. The first-order chi connectivity index (χ1) is 11.0. The van der Waals surface area contributed by atoms with E-state index in [-0.39, 0.29) is 12.5 Å². The van der Waals surface area contributed by atoms with Gasteiger partial charge >= 0.3 is 5.97 Å². The molecule has 2 saturated carbocycles. The molecule has 3 rings (SSSR count). The van der Waals surface area contributed by atoms with Crippen molar-refractivity contribution in [3.63, 3.8) is 0 Å². The molecule has 5 heteroatoms. The lowest BCUT2D eigenvalue weighted by Gasteiger charge is -2.29. The molecule has 2 aliphatic carbocycles. The van der Waals surface area contributed by atoms with Crippen LogP contribution < -0.4 is 10.1 Å². The van der Waals surface area contributed by atoms with Crippen LogP contribution in [0.2, 0.25) is 0 Å². The van der Waals surface area contributed by atoms with Crippen LogP contribution in [0.5, 0.6) is 5.75 Å². The number of hydrogen-bond acceptors (Lipinski definition) is 3. The fourth-order valence-corrected chi connectivity index (χ4v) is 3.57. The third kappa shape index (κ3) is 2.80. The van der Waals surface area contributed by atoms with Gasteiger partial charge < -0.3 is 15.2 Å². The largest absolute Gasteiger partial charge is 0.497 e. The standard InChI is InChI=1S/C18H23NO4/c1-23-14-6-4-13(5-7-14)18(8-2-3-9-18)15(20)19-12-17(10-11-17)16(21)22/h4-7H,2-3,8-12H2,1H3,(H,19,20)(H,21,22). The Bertz CT molecular complexity index is 598. The number of methoxy groups -OCH3 is 1. The second-order valence-electron chi connectivity index (χ2n) is 6.79. The minimum Gasteiger partial charge on any atom is -0.497 e. The van der Waals surface area contributed by atoms with Crippen molar-refractivity contribution in [3.8, 4) is 5.75 Å². The maximum atomic E-state index is 12.9. The summed E-state index contributed by atoms with van der Waals surface area (Å²) in [6.07, 6.45) is 4.96. The highest BCUT2D eigenvalue weighted by molar-refractivity contribution is 5.89. The second kappa shape index (κ2) is 5.87. The van der Waals surface area contributed by atoms with Gasteiger partial charge in [0, 0.05) is 6.54 Å². The number of carbonyl (C=O) groups is 2. The summed E-state index contributed by atoms with van der Waals surface area (Å²) in [6, 6.07) is 7.66. The molecule has 1 amide bonds. The molecule has 0 bridgehead atoms. The van der Waals surface area contributed by atoms with Gasteiger partial charge in [-0.15, -0.1) is 0 Å². The van der Waals surface area contributed by atoms with Crippen LogP contribution in [0.25, 0.3) is 0 Å². The number of carboxylic acid groups (broad SMARTS) is 1. The highest BCUT2D eigenvalue weighted by atomic mass is 16.5. The normalized spacial score (nSPS) is 20.7. The van der Waals surface area contributed by atoms with Gasteiger partial charge in [0.05, 0.1) is 17.9 Å². The lowest BCUT2D eigenvalue weighted by atomic mass is 9.78. The van der Waals surface area contributed by atoms with Gasteiger partial charge in [-0.1, -0.05) is 25.0 Å². The Hall–Kier alpha value is -2.04. The Morgan fingerprint density at radius 1 is 1.13 bits per heavy atom. The van der Waals surface area contributed by atoms with Crippen LogP contribution in [0.4, 0.5) is 0 Å². The van der Waals surface area contributed by atoms with Crippen LogP contribution in [0.15, 0.2) is 24.3 Å². The van der Waals surface area contributed by atoms with E-state index in [1.807, 2.05) is 24.3 Å². The maximum absolute atomic E-state index is 12.9. The zero-order chi connectivity index (χ0) is 16.5. The van der Waals surface area contributed by atoms with Crippen LogP contribution in [0, 0.1) is 5.41 Å². The summed E-state index contributed by atoms with van der Waals surface area (Å²) in [5.41, 5.74) is -0.260. The van der Waals surface area contributed by atoms with E-state index in [9.17, 15) is 14.7 Å². The van der Waals surface area contributed by atoms with E-state index < -0.39 is 16.8 Å². The van der Waals surface area contributed by atoms with Gasteiger partial charge in [0.25, 0.3) is 0 Å². The quantitative estimate of drug-likeness (QED) is 0.845. The maximum Gasteiger partial charge on any atom is 0.311 e. The molecule has 2 N–H and O–H groups in total. The van der Waals surface area contributed by atoms with Crippen LogP contribution in [0.1, 0.15) is 44.1 Å². The predicted octanol–water partition coefficient (Wildman–Crippen LogP) is 2.49. The van der Waals surface area contributed by atoms with Gasteiger partial charge in [-0.25, -0.2) is 0 Å². The number of carbonyl (C=O) groups excluding carboxylic acids is 1. The zero-order valence-electron chi connectivity index (χ0n) is 13.4. The summed E-state index contributed by atoms with van der Waals surface area (Å²) in [5, 5.41) is 12.2. The van der Waals surface area contributed by atoms with Gasteiger partial charge in [0.1, 0.15) is 5.75 Å². The number of rotatable bonds is 6. The van der Waals surface area contributed by atoms with Crippen molar-refractivity contribution in [2.24, 2.45) is 5.41 Å². The zero-order valence-corrected chi connectivity index (χ0v) is 13.4. The molecule has 0 aliphatic heterocycles. The molecule has 0 saturated heterocycles. The van der Waals surface area contributed by atoms with Crippen LogP contribution in [-0.2, 0) is 15.0 Å². The predicted molar refractivity (Wildman–Crippen MR) is 85.5 cm³/mol. The van der Waals surface area contributed by atoms with Gasteiger partial charge in [0.2, 0.25) is 5.91 Å². The van der Waals surface area contributed by atoms with E-state index in [0.29, 0.717) is 12.8 Å². The van der Waals surface area contributed by atoms with Crippen LogP contribution in [0.3, 0.4) is 0 Å². The molecule has 2 aliphatic rings. The van der Waals surface area contributed by atoms with Crippen LogP contribution in [-0.4, -0.2) is 30.6 Å². The number of amides is 1. The smallest absolute Gasteiger partial charge is 0.311 e. The van der Waals surface area contributed by atoms with E-state index in [2.05, 4.69) is 5.32 Å². The molecule has 5 nitrogen and oxygen atoms in total. The summed E-state index contributed by atoms with van der Waals surface area (Å²) in [5.74, 6) is -0.0690. The van der Waals surface area contributed by atoms with Gasteiger partial charge in [-0.05, 0) is 43.4 Å². The van der Waals surface area contributed by atoms with Crippen molar-refractivity contribution in [1.29, 1.82) is 0 Å². The molecule has 23 heavy (non-hydrogen) atoms. The molecule has 1 aromatic rings. The minimum absolute atomic E-state index is 0.0345. The average Bonchev–Trinajstić information content (AvgIpc) is 3.21. The third-order valence-corrected chi connectivity index (χ3v) is 5.43. The van der Waals surface area contributed by atoms with Crippen molar-refractivity contribution in [2.45, 2.75) is 43.9 Å². The van der Waals surface area contributed by atoms with E-state index >= 15 is 0 Å². The Balaban J connectivity index is 1.77. The summed E-state index contributed by atoms with van der Waals surface area (Å²) >= 11 is 0. The Morgan fingerprint density at radius 2 is 1.74 bits per heavy atom. The number of hydrogen-bond donors (Lipinski definition) is 2. The van der Waals surface area contributed by atoms with Crippen molar-refractivity contribution in [1.82, 2.24) is 5.32 Å². The van der Waals surface area contributed by atoms with Crippen molar-refractivity contribution < 1.29 is 19.4 Å². The Kier molecular flexibility index (Phi) is 4.04. The molecule has 0 heterocycles. The number of benzene rings is 1. The second-order valence-corrected chi connectivity index (χ2v) is 6.79. The lowest BCUT2D eigenvalue weighted by Crippen LogP contribution is -2.45. The number of carboxylic acids is 1. The number of aliphatic carboxylic acids is 1. The summed E-state index contributed by atoms with van der Waals surface area (Å²) < 4.78 is 5.19. The minimum atomic E-state index is -0.803. The summed E-state index contributed by atoms with van der Waals surface area (Å²) in [6.45, 7) is 0.235. The first kappa shape index (κ1) is 15.8. The molecular weight excluding hydrogens is 294 g/mol. The average molecular weight is 317 g/mol. The highest BCUT2D eigenvalue weighted by Gasteiger charge is 2.51. The molecule has 0 radical (unpaired) electrons. The topological polar surface area (TPSA) is 75.6 Å².